The zero-order valence-electron chi connectivity index (χ0n) is 11.3. The molecule has 0 saturated carbocycles. The highest BCUT2D eigenvalue weighted by atomic mass is 16.6. The van der Waals surface area contributed by atoms with E-state index in [9.17, 15) is 14.9 Å². The Labute approximate surface area is 120 Å². The molecule has 1 N–H and O–H groups in total. The Morgan fingerprint density at radius 2 is 2.00 bits per heavy atom. The van der Waals surface area contributed by atoms with Gasteiger partial charge in [-0.3, -0.25) is 10.1 Å². The zero-order valence-corrected chi connectivity index (χ0v) is 11.3. The molecule has 0 saturated heterocycles. The summed E-state index contributed by atoms with van der Waals surface area (Å²) in [5.74, 6) is -0.672. The molecule has 0 unspecified atom stereocenters. The number of carboxylic acids is 1. The number of benzene rings is 2. The second kappa shape index (κ2) is 6.04. The minimum absolute atomic E-state index is 0.0322. The van der Waals surface area contributed by atoms with Gasteiger partial charge >= 0.3 is 5.97 Å². The van der Waals surface area contributed by atoms with Crippen LogP contribution in [-0.2, 0) is 6.61 Å². The smallest absolute Gasteiger partial charge is 0.336 e. The second-order valence-electron chi connectivity index (χ2n) is 4.46. The van der Waals surface area contributed by atoms with Gasteiger partial charge in [-0.2, -0.15) is 0 Å². The first-order valence-corrected chi connectivity index (χ1v) is 6.18. The highest BCUT2D eigenvalue weighted by Crippen LogP contribution is 2.25. The van der Waals surface area contributed by atoms with E-state index in [0.29, 0.717) is 11.3 Å². The van der Waals surface area contributed by atoms with Crippen LogP contribution in [0.25, 0.3) is 0 Å². The van der Waals surface area contributed by atoms with Crippen molar-refractivity contribution in [1.82, 2.24) is 0 Å². The molecular weight excluding hydrogens is 274 g/mol. The largest absolute Gasteiger partial charge is 0.488 e. The van der Waals surface area contributed by atoms with Gasteiger partial charge in [-0.15, -0.1) is 0 Å². The maximum Gasteiger partial charge on any atom is 0.336 e. The van der Waals surface area contributed by atoms with Crippen LogP contribution in [0.15, 0.2) is 42.5 Å². The highest BCUT2D eigenvalue weighted by molar-refractivity contribution is 5.89. The molecule has 0 spiro atoms. The molecule has 108 valence electrons. The lowest BCUT2D eigenvalue weighted by atomic mass is 10.1. The van der Waals surface area contributed by atoms with E-state index in [1.165, 1.54) is 18.2 Å². The van der Waals surface area contributed by atoms with E-state index in [1.807, 2.05) is 0 Å². The Hall–Kier alpha value is -2.89. The van der Waals surface area contributed by atoms with Crippen LogP contribution in [-0.4, -0.2) is 16.0 Å². The van der Waals surface area contributed by atoms with Gasteiger partial charge in [-0.25, -0.2) is 4.79 Å². The molecule has 0 aromatic heterocycles. The number of non-ortho nitro benzene ring substituents is 1. The zero-order chi connectivity index (χ0) is 15.4. The van der Waals surface area contributed by atoms with Crippen LogP contribution in [0.3, 0.4) is 0 Å². The SMILES string of the molecule is Cc1ccc([N+](=O)[O-])cc1OCc1ccccc1C(=O)O. The van der Waals surface area contributed by atoms with Gasteiger partial charge in [0.2, 0.25) is 0 Å². The van der Waals surface area contributed by atoms with Crippen molar-refractivity contribution in [2.45, 2.75) is 13.5 Å². The van der Waals surface area contributed by atoms with Crippen molar-refractivity contribution in [3.8, 4) is 5.75 Å². The number of nitrogens with zero attached hydrogens (tertiary/aromatic N) is 1. The minimum atomic E-state index is -1.04. The monoisotopic (exact) mass is 287 g/mol. The first-order valence-electron chi connectivity index (χ1n) is 6.18. The number of hydrogen-bond acceptors (Lipinski definition) is 4. The fraction of sp³-hybridized carbons (Fsp3) is 0.133. The van der Waals surface area contributed by atoms with Crippen LogP contribution < -0.4 is 4.74 Å². The number of carboxylic acid groups (broad SMARTS) is 1. The van der Waals surface area contributed by atoms with Gasteiger partial charge in [0.05, 0.1) is 16.6 Å². The lowest BCUT2D eigenvalue weighted by Crippen LogP contribution is -2.06. The lowest BCUT2D eigenvalue weighted by molar-refractivity contribution is -0.385. The summed E-state index contributed by atoms with van der Waals surface area (Å²) in [5.41, 5.74) is 1.34. The predicted molar refractivity (Wildman–Crippen MR) is 75.6 cm³/mol. The van der Waals surface area contributed by atoms with E-state index in [-0.39, 0.29) is 17.9 Å². The Morgan fingerprint density at radius 1 is 1.29 bits per heavy atom. The average Bonchev–Trinajstić information content (AvgIpc) is 2.46. The van der Waals surface area contributed by atoms with Gasteiger partial charge in [-0.1, -0.05) is 18.2 Å². The molecule has 21 heavy (non-hydrogen) atoms. The molecule has 0 aliphatic heterocycles. The van der Waals surface area contributed by atoms with E-state index >= 15 is 0 Å². The van der Waals surface area contributed by atoms with E-state index in [1.54, 1.807) is 31.2 Å². The first kappa shape index (κ1) is 14.5. The van der Waals surface area contributed by atoms with Crippen LogP contribution in [0.4, 0.5) is 5.69 Å². The summed E-state index contributed by atoms with van der Waals surface area (Å²) in [6, 6.07) is 10.8. The van der Waals surface area contributed by atoms with Crippen molar-refractivity contribution in [3.63, 3.8) is 0 Å². The molecule has 0 heterocycles. The molecule has 0 radical (unpaired) electrons. The molecule has 2 aromatic carbocycles. The molecule has 0 amide bonds. The van der Waals surface area contributed by atoms with E-state index < -0.39 is 10.9 Å². The number of nitro benzene ring substituents is 1. The van der Waals surface area contributed by atoms with Gasteiger partial charge in [0.1, 0.15) is 12.4 Å². The molecule has 6 nitrogen and oxygen atoms in total. The van der Waals surface area contributed by atoms with Gasteiger partial charge in [-0.05, 0) is 24.6 Å². The fourth-order valence-corrected chi connectivity index (χ4v) is 1.87. The Bertz CT molecular complexity index is 696. The van der Waals surface area contributed by atoms with Crippen molar-refractivity contribution < 1.29 is 19.6 Å². The van der Waals surface area contributed by atoms with E-state index in [0.717, 1.165) is 5.56 Å². The summed E-state index contributed by atoms with van der Waals surface area (Å²) in [6.45, 7) is 1.80. The third kappa shape index (κ3) is 3.36. The van der Waals surface area contributed by atoms with Gasteiger partial charge < -0.3 is 9.84 Å². The Balaban J connectivity index is 2.22. The Morgan fingerprint density at radius 3 is 2.67 bits per heavy atom. The van der Waals surface area contributed by atoms with Crippen molar-refractivity contribution in [1.29, 1.82) is 0 Å². The number of nitro groups is 1. The maximum atomic E-state index is 11.1. The van der Waals surface area contributed by atoms with E-state index in [4.69, 9.17) is 9.84 Å². The van der Waals surface area contributed by atoms with Gasteiger partial charge in [0.25, 0.3) is 5.69 Å². The molecule has 0 bridgehead atoms. The number of rotatable bonds is 5. The predicted octanol–water partition coefficient (Wildman–Crippen LogP) is 3.18. The van der Waals surface area contributed by atoms with Crippen molar-refractivity contribution >= 4 is 11.7 Å². The summed E-state index contributed by atoms with van der Waals surface area (Å²) >= 11 is 0. The molecular formula is C15H13NO5. The number of ether oxygens (including phenoxy) is 1. The number of hydrogen-bond donors (Lipinski definition) is 1. The van der Waals surface area contributed by atoms with Crippen LogP contribution in [0, 0.1) is 17.0 Å². The molecule has 2 rings (SSSR count). The molecule has 2 aromatic rings. The topological polar surface area (TPSA) is 89.7 Å². The summed E-state index contributed by atoms with van der Waals surface area (Å²) < 4.78 is 5.54. The summed E-state index contributed by atoms with van der Waals surface area (Å²) in [7, 11) is 0. The lowest BCUT2D eigenvalue weighted by Gasteiger charge is -2.10. The number of aromatic carboxylic acids is 1. The van der Waals surface area contributed by atoms with E-state index in [2.05, 4.69) is 0 Å². The standard InChI is InChI=1S/C15H13NO5/c1-10-6-7-12(16(19)20)8-14(10)21-9-11-4-2-3-5-13(11)15(17)18/h2-8H,9H2,1H3,(H,17,18). The van der Waals surface area contributed by atoms with Crippen LogP contribution in [0.5, 0.6) is 5.75 Å². The van der Waals surface area contributed by atoms with Crippen LogP contribution >= 0.6 is 0 Å². The number of carbonyl (C=O) groups is 1. The summed E-state index contributed by atoms with van der Waals surface area (Å²) in [4.78, 5) is 21.4. The molecule has 0 aliphatic rings. The fourth-order valence-electron chi connectivity index (χ4n) is 1.87. The third-order valence-corrected chi connectivity index (χ3v) is 3.01. The first-order chi connectivity index (χ1) is 9.99. The second-order valence-corrected chi connectivity index (χ2v) is 4.46. The quantitative estimate of drug-likeness (QED) is 0.673. The normalized spacial score (nSPS) is 10.1. The van der Waals surface area contributed by atoms with Crippen LogP contribution in [0.1, 0.15) is 21.5 Å². The van der Waals surface area contributed by atoms with Crippen molar-refractivity contribution in [3.05, 3.63) is 69.3 Å². The van der Waals surface area contributed by atoms with Crippen molar-refractivity contribution in [2.24, 2.45) is 0 Å². The molecule has 0 fully saturated rings. The molecule has 0 aliphatic carbocycles. The number of aryl methyl sites for hydroxylation is 1. The summed E-state index contributed by atoms with van der Waals surface area (Å²) in [6.07, 6.45) is 0. The highest BCUT2D eigenvalue weighted by Gasteiger charge is 2.12. The van der Waals surface area contributed by atoms with Gasteiger partial charge in [0, 0.05) is 11.6 Å². The molecule has 0 atom stereocenters. The maximum absolute atomic E-state index is 11.1. The third-order valence-electron chi connectivity index (χ3n) is 3.01. The molecule has 6 heteroatoms. The minimum Gasteiger partial charge on any atom is -0.488 e. The van der Waals surface area contributed by atoms with Crippen molar-refractivity contribution in [2.75, 3.05) is 0 Å². The van der Waals surface area contributed by atoms with Gasteiger partial charge in [0.15, 0.2) is 0 Å². The Kier molecular flexibility index (Phi) is 4.18. The van der Waals surface area contributed by atoms with Crippen LogP contribution in [0.2, 0.25) is 0 Å². The average molecular weight is 287 g/mol. The summed E-state index contributed by atoms with van der Waals surface area (Å²) in [5, 5.41) is 19.8.